The summed E-state index contributed by atoms with van der Waals surface area (Å²) in [5.74, 6) is 0.734. The van der Waals surface area contributed by atoms with Crippen LogP contribution in [0.25, 0.3) is 0 Å². The van der Waals surface area contributed by atoms with Crippen LogP contribution >= 0.6 is 0 Å². The molecule has 0 amide bonds. The predicted molar refractivity (Wildman–Crippen MR) is 63.2 cm³/mol. The highest BCUT2D eigenvalue weighted by molar-refractivity contribution is 5.24. The van der Waals surface area contributed by atoms with E-state index in [0.717, 1.165) is 12.3 Å². The van der Waals surface area contributed by atoms with Gasteiger partial charge in [-0.1, -0.05) is 5.16 Å². The Morgan fingerprint density at radius 3 is 2.81 bits per heavy atom. The predicted octanol–water partition coefficient (Wildman–Crippen LogP) is 1.75. The van der Waals surface area contributed by atoms with Gasteiger partial charge in [0, 0.05) is 25.4 Å². The molecule has 1 aliphatic heterocycles. The molecule has 3 heterocycles. The lowest BCUT2D eigenvalue weighted by Gasteiger charge is -2.38. The lowest BCUT2D eigenvalue weighted by molar-refractivity contribution is -0.141. The van der Waals surface area contributed by atoms with Crippen LogP contribution in [0.1, 0.15) is 11.5 Å². The number of hydrogen-bond donors (Lipinski definition) is 0. The summed E-state index contributed by atoms with van der Waals surface area (Å²) < 4.78 is 47.7. The molecule has 0 bridgehead atoms. The van der Waals surface area contributed by atoms with E-state index in [-0.39, 0.29) is 11.9 Å². The smallest absolute Gasteiger partial charge is 0.433 e. The molecule has 0 atom stereocenters. The van der Waals surface area contributed by atoms with E-state index in [9.17, 15) is 13.2 Å². The fraction of sp³-hybridized carbons (Fsp3) is 0.417. The average molecular weight is 300 g/mol. The highest BCUT2D eigenvalue weighted by Gasteiger charge is 2.34. The summed E-state index contributed by atoms with van der Waals surface area (Å²) in [5, 5.41) is 3.68. The molecule has 2 aromatic rings. The van der Waals surface area contributed by atoms with Crippen LogP contribution in [0.4, 0.5) is 13.2 Å². The maximum atomic E-state index is 12.5. The molecule has 0 radical (unpaired) electrons. The number of rotatable bonds is 4. The van der Waals surface area contributed by atoms with Gasteiger partial charge in [0.15, 0.2) is 5.82 Å². The zero-order valence-corrected chi connectivity index (χ0v) is 10.7. The topological polar surface area (TPSA) is 64.3 Å². The van der Waals surface area contributed by atoms with Crippen molar-refractivity contribution in [1.82, 2.24) is 20.0 Å². The van der Waals surface area contributed by atoms with Gasteiger partial charge >= 0.3 is 6.18 Å². The van der Waals surface area contributed by atoms with Crippen molar-refractivity contribution in [3.05, 3.63) is 36.2 Å². The summed E-state index contributed by atoms with van der Waals surface area (Å²) in [6, 6.07) is 2.32. The second-order valence-corrected chi connectivity index (χ2v) is 4.66. The maximum Gasteiger partial charge on any atom is 0.433 e. The average Bonchev–Trinajstić information content (AvgIpc) is 2.88. The number of pyridine rings is 1. The molecule has 0 aliphatic carbocycles. The summed E-state index contributed by atoms with van der Waals surface area (Å²) in [6.45, 7) is 1.72. The van der Waals surface area contributed by atoms with Crippen molar-refractivity contribution in [3.63, 3.8) is 0 Å². The summed E-state index contributed by atoms with van der Waals surface area (Å²) in [5.41, 5.74) is -0.956. The van der Waals surface area contributed by atoms with E-state index in [4.69, 9.17) is 4.74 Å². The monoisotopic (exact) mass is 300 g/mol. The van der Waals surface area contributed by atoms with E-state index in [1.54, 1.807) is 0 Å². The fourth-order valence-electron chi connectivity index (χ4n) is 2.02. The van der Waals surface area contributed by atoms with Gasteiger partial charge in [-0.15, -0.1) is 0 Å². The first-order valence-electron chi connectivity index (χ1n) is 6.18. The molecule has 3 rings (SSSR count). The standard InChI is InChI=1S/C12H11F3N4O2/c13-12(14,15)10-3-8(1-2-16-10)21-9-4-19(5-9)6-11-17-7-20-18-11/h1-3,7,9H,4-6H2. The van der Waals surface area contributed by atoms with Crippen molar-refractivity contribution in [2.45, 2.75) is 18.8 Å². The summed E-state index contributed by atoms with van der Waals surface area (Å²) >= 11 is 0. The van der Waals surface area contributed by atoms with E-state index in [2.05, 4.69) is 19.6 Å². The first kappa shape index (κ1) is 13.8. The van der Waals surface area contributed by atoms with Gasteiger partial charge in [0.05, 0.1) is 6.54 Å². The first-order valence-corrected chi connectivity index (χ1v) is 6.18. The molecule has 2 aromatic heterocycles. The Balaban J connectivity index is 1.52. The van der Waals surface area contributed by atoms with Crippen LogP contribution in [0.2, 0.25) is 0 Å². The molecule has 0 N–H and O–H groups in total. The third-order valence-corrected chi connectivity index (χ3v) is 3.02. The molecule has 112 valence electrons. The van der Waals surface area contributed by atoms with Crippen molar-refractivity contribution in [3.8, 4) is 5.75 Å². The minimum absolute atomic E-state index is 0.152. The molecule has 0 aromatic carbocycles. The van der Waals surface area contributed by atoms with Crippen LogP contribution in [-0.2, 0) is 12.7 Å². The number of nitrogens with zero attached hydrogens (tertiary/aromatic N) is 4. The molecule has 6 nitrogen and oxygen atoms in total. The Kier molecular flexibility index (Phi) is 3.50. The zero-order valence-electron chi connectivity index (χ0n) is 10.7. The first-order chi connectivity index (χ1) is 10.0. The Morgan fingerprint density at radius 1 is 1.33 bits per heavy atom. The lowest BCUT2D eigenvalue weighted by Crippen LogP contribution is -2.53. The molecule has 9 heteroatoms. The Bertz CT molecular complexity index is 597. The van der Waals surface area contributed by atoms with Crippen LogP contribution in [0.5, 0.6) is 5.75 Å². The second-order valence-electron chi connectivity index (χ2n) is 4.66. The van der Waals surface area contributed by atoms with E-state index in [0.29, 0.717) is 25.5 Å². The van der Waals surface area contributed by atoms with E-state index < -0.39 is 11.9 Å². The van der Waals surface area contributed by atoms with Crippen LogP contribution in [0.15, 0.2) is 29.2 Å². The zero-order chi connectivity index (χ0) is 14.9. The van der Waals surface area contributed by atoms with Crippen LogP contribution < -0.4 is 4.74 Å². The quantitative estimate of drug-likeness (QED) is 0.857. The van der Waals surface area contributed by atoms with E-state index in [1.165, 1.54) is 12.5 Å². The van der Waals surface area contributed by atoms with Crippen molar-refractivity contribution in [1.29, 1.82) is 0 Å². The van der Waals surface area contributed by atoms with E-state index >= 15 is 0 Å². The van der Waals surface area contributed by atoms with Crippen molar-refractivity contribution in [2.24, 2.45) is 0 Å². The number of ether oxygens (including phenoxy) is 1. The molecule has 0 spiro atoms. The Morgan fingerprint density at radius 2 is 2.14 bits per heavy atom. The molecular weight excluding hydrogens is 289 g/mol. The van der Waals surface area contributed by atoms with Crippen LogP contribution in [-0.4, -0.2) is 39.2 Å². The molecular formula is C12H11F3N4O2. The Hall–Kier alpha value is -2.16. The molecule has 21 heavy (non-hydrogen) atoms. The van der Waals surface area contributed by atoms with Crippen LogP contribution in [0.3, 0.4) is 0 Å². The van der Waals surface area contributed by atoms with Gasteiger partial charge in [0.1, 0.15) is 17.5 Å². The lowest BCUT2D eigenvalue weighted by atomic mass is 10.1. The van der Waals surface area contributed by atoms with Gasteiger partial charge in [-0.2, -0.15) is 18.2 Å². The van der Waals surface area contributed by atoms with Gasteiger partial charge in [-0.05, 0) is 6.07 Å². The molecule has 0 saturated carbocycles. The van der Waals surface area contributed by atoms with Crippen LogP contribution in [0, 0.1) is 0 Å². The number of alkyl halides is 3. The Labute approximate surface area is 117 Å². The second kappa shape index (κ2) is 5.32. The third-order valence-electron chi connectivity index (χ3n) is 3.02. The number of hydrogen-bond acceptors (Lipinski definition) is 6. The number of halogens is 3. The number of likely N-dealkylation sites (tertiary alicyclic amines) is 1. The van der Waals surface area contributed by atoms with Gasteiger partial charge in [-0.25, -0.2) is 0 Å². The van der Waals surface area contributed by atoms with E-state index in [1.807, 2.05) is 4.90 Å². The molecule has 1 saturated heterocycles. The maximum absolute atomic E-state index is 12.5. The molecule has 1 aliphatic rings. The van der Waals surface area contributed by atoms with Gasteiger partial charge < -0.3 is 9.26 Å². The fourth-order valence-corrected chi connectivity index (χ4v) is 2.02. The minimum Gasteiger partial charge on any atom is -0.488 e. The molecule has 1 fully saturated rings. The normalized spacial score (nSPS) is 16.7. The summed E-state index contributed by atoms with van der Waals surface area (Å²) in [7, 11) is 0. The van der Waals surface area contributed by atoms with Crippen molar-refractivity contribution >= 4 is 0 Å². The summed E-state index contributed by atoms with van der Waals surface area (Å²) in [6.07, 6.45) is -2.28. The molecule has 0 unspecified atom stereocenters. The number of aromatic nitrogens is 3. The minimum atomic E-state index is -4.47. The third kappa shape index (κ3) is 3.30. The highest BCUT2D eigenvalue weighted by atomic mass is 19.4. The van der Waals surface area contributed by atoms with Crippen molar-refractivity contribution < 1.29 is 22.4 Å². The van der Waals surface area contributed by atoms with Crippen molar-refractivity contribution in [2.75, 3.05) is 13.1 Å². The largest absolute Gasteiger partial charge is 0.488 e. The van der Waals surface area contributed by atoms with Gasteiger partial charge in [0.2, 0.25) is 6.39 Å². The van der Waals surface area contributed by atoms with Gasteiger partial charge in [0.25, 0.3) is 0 Å². The highest BCUT2D eigenvalue weighted by Crippen LogP contribution is 2.30. The summed E-state index contributed by atoms with van der Waals surface area (Å²) in [4.78, 5) is 9.18. The van der Waals surface area contributed by atoms with Gasteiger partial charge in [-0.3, -0.25) is 9.88 Å². The SMILES string of the molecule is FC(F)(F)c1cc(OC2CN(Cc3ncon3)C2)ccn1.